The summed E-state index contributed by atoms with van der Waals surface area (Å²) in [6.45, 7) is 5.67. The third-order valence-electron chi connectivity index (χ3n) is 3.63. The molecule has 5 nitrogen and oxygen atoms in total. The van der Waals surface area contributed by atoms with Gasteiger partial charge in [-0.15, -0.1) is 0 Å². The summed E-state index contributed by atoms with van der Waals surface area (Å²) >= 11 is 0. The summed E-state index contributed by atoms with van der Waals surface area (Å²) < 4.78 is 0. The molecule has 0 saturated heterocycles. The quantitative estimate of drug-likeness (QED) is 0.885. The van der Waals surface area contributed by atoms with Gasteiger partial charge in [-0.1, -0.05) is 32.9 Å². The maximum absolute atomic E-state index is 12.6. The summed E-state index contributed by atoms with van der Waals surface area (Å²) in [6, 6.07) is 6.12. The second-order valence-electron chi connectivity index (χ2n) is 5.35. The molecule has 0 bridgehead atoms. The molecular weight excluding hydrogens is 256 g/mol. The molecule has 5 heteroatoms. The molecule has 108 valence electrons. The lowest BCUT2D eigenvalue weighted by Gasteiger charge is -2.39. The normalized spacial score (nSPS) is 19.5. The van der Waals surface area contributed by atoms with Crippen LogP contribution in [0.1, 0.15) is 27.2 Å². The molecule has 2 atom stereocenters. The number of nitrogens with one attached hydrogen (secondary N) is 1. The van der Waals surface area contributed by atoms with Crippen molar-refractivity contribution < 1.29 is 14.7 Å². The Kier molecular flexibility index (Phi) is 3.97. The van der Waals surface area contributed by atoms with Crippen molar-refractivity contribution >= 4 is 23.3 Å². The van der Waals surface area contributed by atoms with Crippen LogP contribution in [0.2, 0.25) is 0 Å². The number of carboxylic acid groups (broad SMARTS) is 1. The van der Waals surface area contributed by atoms with Gasteiger partial charge >= 0.3 is 5.97 Å². The van der Waals surface area contributed by atoms with Gasteiger partial charge in [-0.3, -0.25) is 9.69 Å². The van der Waals surface area contributed by atoms with Crippen LogP contribution in [-0.2, 0) is 9.59 Å². The smallest absolute Gasteiger partial charge is 0.326 e. The number of carbonyl (C=O) groups is 2. The summed E-state index contributed by atoms with van der Waals surface area (Å²) in [5.41, 5.74) is 1.45. The van der Waals surface area contributed by atoms with Crippen LogP contribution in [-0.4, -0.2) is 29.1 Å². The van der Waals surface area contributed by atoms with Gasteiger partial charge in [0, 0.05) is 0 Å². The molecule has 1 heterocycles. The highest BCUT2D eigenvalue weighted by Crippen LogP contribution is 2.34. The van der Waals surface area contributed by atoms with Gasteiger partial charge in [-0.25, -0.2) is 4.79 Å². The van der Waals surface area contributed by atoms with Crippen LogP contribution in [0.15, 0.2) is 24.3 Å². The lowest BCUT2D eigenvalue weighted by atomic mass is 9.97. The topological polar surface area (TPSA) is 69.6 Å². The van der Waals surface area contributed by atoms with Crippen LogP contribution in [0.3, 0.4) is 0 Å². The second-order valence-corrected chi connectivity index (χ2v) is 5.35. The molecule has 1 aromatic rings. The van der Waals surface area contributed by atoms with Crippen molar-refractivity contribution in [2.45, 2.75) is 39.3 Å². The SMILES string of the molecule is CCC(C(=O)O)N1C(=O)C(C(C)C)Nc2ccccc21. The molecule has 0 aliphatic carbocycles. The maximum Gasteiger partial charge on any atom is 0.326 e. The fourth-order valence-electron chi connectivity index (χ4n) is 2.54. The van der Waals surface area contributed by atoms with E-state index in [0.717, 1.165) is 5.69 Å². The Labute approximate surface area is 118 Å². The zero-order chi connectivity index (χ0) is 14.9. The first kappa shape index (κ1) is 14.4. The number of carbonyl (C=O) groups excluding carboxylic acids is 1. The number of carboxylic acids is 1. The fourth-order valence-corrected chi connectivity index (χ4v) is 2.54. The Morgan fingerprint density at radius 3 is 2.60 bits per heavy atom. The Morgan fingerprint density at radius 1 is 1.40 bits per heavy atom. The third-order valence-corrected chi connectivity index (χ3v) is 3.63. The maximum atomic E-state index is 12.6. The molecule has 2 N–H and O–H groups in total. The lowest BCUT2D eigenvalue weighted by Crippen LogP contribution is -2.55. The predicted molar refractivity (Wildman–Crippen MR) is 77.9 cm³/mol. The van der Waals surface area contributed by atoms with Crippen molar-refractivity contribution in [2.24, 2.45) is 5.92 Å². The molecule has 0 aromatic heterocycles. The summed E-state index contributed by atoms with van der Waals surface area (Å²) in [7, 11) is 0. The molecule has 1 aromatic carbocycles. The zero-order valence-corrected chi connectivity index (χ0v) is 12.0. The van der Waals surface area contributed by atoms with Gasteiger partial charge < -0.3 is 10.4 Å². The molecule has 1 amide bonds. The molecule has 0 fully saturated rings. The third kappa shape index (κ3) is 2.35. The minimum absolute atomic E-state index is 0.0876. The first-order chi connectivity index (χ1) is 9.47. The minimum Gasteiger partial charge on any atom is -0.480 e. The van der Waals surface area contributed by atoms with Crippen molar-refractivity contribution in [3.8, 4) is 0 Å². The van der Waals surface area contributed by atoms with Crippen molar-refractivity contribution in [1.82, 2.24) is 0 Å². The summed E-state index contributed by atoms with van der Waals surface area (Å²) in [4.78, 5) is 25.5. The minimum atomic E-state index is -0.972. The van der Waals surface area contributed by atoms with Gasteiger partial charge in [0.05, 0.1) is 11.4 Å². The number of aliphatic carboxylic acids is 1. The molecule has 20 heavy (non-hydrogen) atoms. The van der Waals surface area contributed by atoms with E-state index < -0.39 is 18.1 Å². The van der Waals surface area contributed by atoms with Crippen LogP contribution in [0.25, 0.3) is 0 Å². The first-order valence-electron chi connectivity index (χ1n) is 6.88. The van der Waals surface area contributed by atoms with Crippen molar-refractivity contribution in [3.63, 3.8) is 0 Å². The Balaban J connectivity index is 2.51. The molecule has 0 saturated carbocycles. The summed E-state index contributed by atoms with van der Waals surface area (Å²) in [5, 5.41) is 12.6. The van der Waals surface area contributed by atoms with E-state index in [4.69, 9.17) is 0 Å². The number of amides is 1. The zero-order valence-electron chi connectivity index (χ0n) is 12.0. The van der Waals surface area contributed by atoms with Gasteiger partial charge in [0.15, 0.2) is 0 Å². The van der Waals surface area contributed by atoms with E-state index in [2.05, 4.69) is 5.32 Å². The van der Waals surface area contributed by atoms with Crippen molar-refractivity contribution in [2.75, 3.05) is 10.2 Å². The van der Waals surface area contributed by atoms with E-state index in [1.165, 1.54) is 4.90 Å². The van der Waals surface area contributed by atoms with Crippen LogP contribution in [0.4, 0.5) is 11.4 Å². The van der Waals surface area contributed by atoms with Crippen LogP contribution < -0.4 is 10.2 Å². The Bertz CT molecular complexity index is 528. The van der Waals surface area contributed by atoms with Crippen LogP contribution >= 0.6 is 0 Å². The average molecular weight is 276 g/mol. The number of hydrogen-bond donors (Lipinski definition) is 2. The monoisotopic (exact) mass is 276 g/mol. The van der Waals surface area contributed by atoms with E-state index in [1.54, 1.807) is 13.0 Å². The second kappa shape index (κ2) is 5.53. The van der Waals surface area contributed by atoms with Crippen molar-refractivity contribution in [3.05, 3.63) is 24.3 Å². The standard InChI is InChI=1S/C15H20N2O3/c1-4-11(15(19)20)17-12-8-6-5-7-10(12)16-13(9(2)3)14(17)18/h5-9,11,13,16H,4H2,1-3H3,(H,19,20). The molecule has 2 unspecified atom stereocenters. The lowest BCUT2D eigenvalue weighted by molar-refractivity contribution is -0.140. The summed E-state index contributed by atoms with van der Waals surface area (Å²) in [5.74, 6) is -1.06. The summed E-state index contributed by atoms with van der Waals surface area (Å²) in [6.07, 6.45) is 0.375. The van der Waals surface area contributed by atoms with Gasteiger partial charge in [0.2, 0.25) is 0 Å². The van der Waals surface area contributed by atoms with Gasteiger partial charge in [-0.05, 0) is 24.5 Å². The van der Waals surface area contributed by atoms with E-state index in [0.29, 0.717) is 12.1 Å². The molecule has 2 rings (SSSR count). The average Bonchev–Trinajstić information content (AvgIpc) is 2.41. The number of rotatable bonds is 4. The molecular formula is C15H20N2O3. The van der Waals surface area contributed by atoms with Crippen molar-refractivity contribution in [1.29, 1.82) is 0 Å². The first-order valence-corrected chi connectivity index (χ1v) is 6.88. The number of para-hydroxylation sites is 2. The van der Waals surface area contributed by atoms with E-state index in [1.807, 2.05) is 32.0 Å². The van der Waals surface area contributed by atoms with Gasteiger partial charge in [0.25, 0.3) is 5.91 Å². The number of fused-ring (bicyclic) bond motifs is 1. The Morgan fingerprint density at radius 2 is 2.05 bits per heavy atom. The van der Waals surface area contributed by atoms with Crippen LogP contribution in [0.5, 0.6) is 0 Å². The highest BCUT2D eigenvalue weighted by Gasteiger charge is 2.39. The number of anilines is 2. The highest BCUT2D eigenvalue weighted by molar-refractivity contribution is 6.08. The molecule has 0 radical (unpaired) electrons. The Hall–Kier alpha value is -2.04. The van der Waals surface area contributed by atoms with Gasteiger partial charge in [0.1, 0.15) is 12.1 Å². The number of nitrogens with zero attached hydrogens (tertiary/aromatic N) is 1. The van der Waals surface area contributed by atoms with Gasteiger partial charge in [-0.2, -0.15) is 0 Å². The fraction of sp³-hybridized carbons (Fsp3) is 0.467. The number of hydrogen-bond acceptors (Lipinski definition) is 3. The number of benzene rings is 1. The molecule has 1 aliphatic rings. The predicted octanol–water partition coefficient (Wildman–Crippen LogP) is 2.33. The van der Waals surface area contributed by atoms with E-state index >= 15 is 0 Å². The van der Waals surface area contributed by atoms with E-state index in [9.17, 15) is 14.7 Å². The molecule has 1 aliphatic heterocycles. The molecule has 0 spiro atoms. The van der Waals surface area contributed by atoms with E-state index in [-0.39, 0.29) is 11.8 Å². The van der Waals surface area contributed by atoms with Crippen LogP contribution in [0, 0.1) is 5.92 Å². The largest absolute Gasteiger partial charge is 0.480 e. The highest BCUT2D eigenvalue weighted by atomic mass is 16.4.